The average Bonchev–Trinajstić information content (AvgIpc) is 2.25. The molecule has 1 saturated heterocycles. The molecule has 1 fully saturated rings. The number of carboxylic acids is 1. The summed E-state index contributed by atoms with van der Waals surface area (Å²) in [6, 6.07) is -0.745. The molecule has 0 aromatic rings. The lowest BCUT2D eigenvalue weighted by Crippen LogP contribution is -2.55. The predicted octanol–water partition coefficient (Wildman–Crippen LogP) is -1.89. The van der Waals surface area contributed by atoms with E-state index in [0.717, 1.165) is 26.2 Å². The van der Waals surface area contributed by atoms with Crippen molar-refractivity contribution in [1.82, 2.24) is 15.8 Å². The number of aliphatic carboxylic acids is 1. The number of piperazine rings is 1. The molecule has 0 saturated carbocycles. The third-order valence-electron chi connectivity index (χ3n) is 2.43. The Labute approximate surface area is 93.9 Å². The highest BCUT2D eigenvalue weighted by Gasteiger charge is 2.21. The minimum absolute atomic E-state index is 0.0794. The summed E-state index contributed by atoms with van der Waals surface area (Å²) < 4.78 is 0. The lowest BCUT2D eigenvalue weighted by molar-refractivity contribution is -0.141. The van der Waals surface area contributed by atoms with Crippen LogP contribution in [-0.4, -0.2) is 54.2 Å². The molecule has 0 unspecified atom stereocenters. The van der Waals surface area contributed by atoms with E-state index in [4.69, 9.17) is 10.8 Å². The molecule has 1 heterocycles. The Balaban J connectivity index is 2.37. The molecular weight excluding hydrogens is 212 g/mol. The summed E-state index contributed by atoms with van der Waals surface area (Å²) >= 11 is 0. The SMILES string of the molecule is NC(=O)CC[C@H](NN1CCNCC1)C(=O)O. The molecule has 7 heteroatoms. The zero-order valence-corrected chi connectivity index (χ0v) is 9.11. The van der Waals surface area contributed by atoms with Gasteiger partial charge in [0, 0.05) is 32.6 Å². The smallest absolute Gasteiger partial charge is 0.322 e. The first kappa shape index (κ1) is 12.9. The van der Waals surface area contributed by atoms with Crippen LogP contribution >= 0.6 is 0 Å². The molecule has 0 aromatic heterocycles. The first-order valence-electron chi connectivity index (χ1n) is 5.32. The molecular formula is C9H18N4O3. The lowest BCUT2D eigenvalue weighted by Gasteiger charge is -2.30. The summed E-state index contributed by atoms with van der Waals surface area (Å²) in [7, 11) is 0. The van der Waals surface area contributed by atoms with E-state index >= 15 is 0 Å². The van der Waals surface area contributed by atoms with Gasteiger partial charge in [-0.15, -0.1) is 0 Å². The number of nitrogens with zero attached hydrogens (tertiary/aromatic N) is 1. The molecule has 0 aliphatic carbocycles. The summed E-state index contributed by atoms with van der Waals surface area (Å²) in [5.74, 6) is -1.44. The van der Waals surface area contributed by atoms with Gasteiger partial charge in [0.1, 0.15) is 6.04 Å². The third-order valence-corrected chi connectivity index (χ3v) is 2.43. The number of hydrogen-bond donors (Lipinski definition) is 4. The Morgan fingerprint density at radius 3 is 2.56 bits per heavy atom. The van der Waals surface area contributed by atoms with Crippen LogP contribution in [0.25, 0.3) is 0 Å². The van der Waals surface area contributed by atoms with Crippen LogP contribution in [0.5, 0.6) is 0 Å². The van der Waals surface area contributed by atoms with Crippen LogP contribution in [0.3, 0.4) is 0 Å². The maximum atomic E-state index is 10.9. The molecule has 16 heavy (non-hydrogen) atoms. The van der Waals surface area contributed by atoms with Crippen LogP contribution in [0.2, 0.25) is 0 Å². The number of carbonyl (C=O) groups is 2. The Bertz CT molecular complexity index is 253. The van der Waals surface area contributed by atoms with Crippen LogP contribution in [0.4, 0.5) is 0 Å². The maximum Gasteiger partial charge on any atom is 0.322 e. The molecule has 0 aromatic carbocycles. The van der Waals surface area contributed by atoms with Gasteiger partial charge in [-0.05, 0) is 6.42 Å². The molecule has 1 atom stereocenters. The van der Waals surface area contributed by atoms with Crippen molar-refractivity contribution in [3.8, 4) is 0 Å². The van der Waals surface area contributed by atoms with E-state index < -0.39 is 17.9 Å². The first-order chi connectivity index (χ1) is 7.59. The van der Waals surface area contributed by atoms with Crippen molar-refractivity contribution in [1.29, 1.82) is 0 Å². The number of primary amides is 1. The number of nitrogens with two attached hydrogens (primary N) is 1. The maximum absolute atomic E-state index is 10.9. The lowest BCUT2D eigenvalue weighted by atomic mass is 10.1. The van der Waals surface area contributed by atoms with E-state index in [1.54, 1.807) is 0 Å². The van der Waals surface area contributed by atoms with E-state index in [9.17, 15) is 9.59 Å². The zero-order chi connectivity index (χ0) is 12.0. The van der Waals surface area contributed by atoms with Gasteiger partial charge >= 0.3 is 5.97 Å². The summed E-state index contributed by atoms with van der Waals surface area (Å²) in [5, 5.41) is 14.0. The van der Waals surface area contributed by atoms with Gasteiger partial charge in [0.15, 0.2) is 0 Å². The normalized spacial score (nSPS) is 19.2. The topological polar surface area (TPSA) is 108 Å². The van der Waals surface area contributed by atoms with E-state index in [-0.39, 0.29) is 12.8 Å². The van der Waals surface area contributed by atoms with Crippen LogP contribution in [0, 0.1) is 0 Å². The molecule has 1 amide bonds. The number of hydrogen-bond acceptors (Lipinski definition) is 5. The molecule has 0 spiro atoms. The fraction of sp³-hybridized carbons (Fsp3) is 0.778. The number of rotatable bonds is 6. The summed E-state index contributed by atoms with van der Waals surface area (Å²) in [5.41, 5.74) is 7.89. The minimum Gasteiger partial charge on any atom is -0.480 e. The third kappa shape index (κ3) is 4.56. The number of carboxylic acid groups (broad SMARTS) is 1. The Morgan fingerprint density at radius 1 is 1.44 bits per heavy atom. The molecule has 0 bridgehead atoms. The molecule has 1 aliphatic heterocycles. The second-order valence-corrected chi connectivity index (χ2v) is 3.76. The second kappa shape index (κ2) is 6.41. The summed E-state index contributed by atoms with van der Waals surface area (Å²) in [6.07, 6.45) is 0.296. The zero-order valence-electron chi connectivity index (χ0n) is 9.11. The van der Waals surface area contributed by atoms with Gasteiger partial charge in [0.2, 0.25) is 5.91 Å². The molecule has 5 N–H and O–H groups in total. The predicted molar refractivity (Wildman–Crippen MR) is 57.4 cm³/mol. The molecule has 92 valence electrons. The van der Waals surface area contributed by atoms with E-state index in [0.29, 0.717) is 0 Å². The van der Waals surface area contributed by atoms with Crippen LogP contribution in [0.15, 0.2) is 0 Å². The monoisotopic (exact) mass is 230 g/mol. The van der Waals surface area contributed by atoms with Gasteiger partial charge in [-0.3, -0.25) is 9.59 Å². The average molecular weight is 230 g/mol. The van der Waals surface area contributed by atoms with Crippen LogP contribution in [0.1, 0.15) is 12.8 Å². The van der Waals surface area contributed by atoms with E-state index in [1.165, 1.54) is 0 Å². The number of carbonyl (C=O) groups excluding carboxylic acids is 1. The van der Waals surface area contributed by atoms with Crippen molar-refractivity contribution in [2.75, 3.05) is 26.2 Å². The summed E-state index contributed by atoms with van der Waals surface area (Å²) in [6.45, 7) is 3.16. The molecule has 1 rings (SSSR count). The van der Waals surface area contributed by atoms with Crippen molar-refractivity contribution in [3.05, 3.63) is 0 Å². The van der Waals surface area contributed by atoms with Crippen LogP contribution < -0.4 is 16.5 Å². The Morgan fingerprint density at radius 2 is 2.06 bits per heavy atom. The van der Waals surface area contributed by atoms with Gasteiger partial charge < -0.3 is 16.2 Å². The van der Waals surface area contributed by atoms with Crippen molar-refractivity contribution in [2.45, 2.75) is 18.9 Å². The fourth-order valence-corrected chi connectivity index (χ4v) is 1.54. The van der Waals surface area contributed by atoms with Crippen molar-refractivity contribution in [2.24, 2.45) is 5.73 Å². The van der Waals surface area contributed by atoms with Gasteiger partial charge in [-0.1, -0.05) is 0 Å². The highest BCUT2D eigenvalue weighted by Crippen LogP contribution is 1.99. The molecule has 0 radical (unpaired) electrons. The quantitative estimate of drug-likeness (QED) is 0.425. The van der Waals surface area contributed by atoms with Crippen molar-refractivity contribution >= 4 is 11.9 Å². The van der Waals surface area contributed by atoms with Gasteiger partial charge in [0.25, 0.3) is 0 Å². The first-order valence-corrected chi connectivity index (χ1v) is 5.32. The van der Waals surface area contributed by atoms with E-state index in [2.05, 4.69) is 10.7 Å². The second-order valence-electron chi connectivity index (χ2n) is 3.76. The molecule has 1 aliphatic rings. The largest absolute Gasteiger partial charge is 0.480 e. The van der Waals surface area contributed by atoms with Gasteiger partial charge in [0.05, 0.1) is 0 Å². The Kier molecular flexibility index (Phi) is 5.17. The van der Waals surface area contributed by atoms with Crippen molar-refractivity contribution in [3.63, 3.8) is 0 Å². The van der Waals surface area contributed by atoms with Crippen molar-refractivity contribution < 1.29 is 14.7 Å². The highest BCUT2D eigenvalue weighted by molar-refractivity contribution is 5.77. The minimum atomic E-state index is -0.959. The number of nitrogens with one attached hydrogen (secondary N) is 2. The fourth-order valence-electron chi connectivity index (χ4n) is 1.54. The number of hydrazine groups is 1. The Hall–Kier alpha value is -1.18. The van der Waals surface area contributed by atoms with E-state index in [1.807, 2.05) is 5.01 Å². The highest BCUT2D eigenvalue weighted by atomic mass is 16.4. The van der Waals surface area contributed by atoms with Gasteiger partial charge in [-0.25, -0.2) is 10.4 Å². The summed E-state index contributed by atoms with van der Waals surface area (Å²) in [4.78, 5) is 21.5. The number of amides is 1. The van der Waals surface area contributed by atoms with Crippen LogP contribution in [-0.2, 0) is 9.59 Å². The van der Waals surface area contributed by atoms with Gasteiger partial charge in [-0.2, -0.15) is 0 Å². The molecule has 7 nitrogen and oxygen atoms in total. The standard InChI is InChI=1S/C9H18N4O3/c10-8(14)2-1-7(9(15)16)12-13-5-3-11-4-6-13/h7,11-12H,1-6H2,(H2,10,14)(H,15,16)/t7-/m0/s1.